The molecule has 0 radical (unpaired) electrons. The molecule has 1 N–H and O–H groups in total. The Morgan fingerprint density at radius 2 is 1.59 bits per heavy atom. The van der Waals surface area contributed by atoms with Gasteiger partial charge < -0.3 is 14.8 Å². The van der Waals surface area contributed by atoms with E-state index >= 15 is 0 Å². The summed E-state index contributed by atoms with van der Waals surface area (Å²) in [4.78, 5) is 16.6. The van der Waals surface area contributed by atoms with Gasteiger partial charge in [0.05, 0.1) is 18.1 Å². The third-order valence-electron chi connectivity index (χ3n) is 4.77. The Morgan fingerprint density at radius 1 is 0.897 bits per heavy atom. The smallest absolute Gasteiger partial charge is 0.234 e. The second-order valence-electron chi connectivity index (χ2n) is 6.91. The number of carbonyl (C=O) groups excluding carboxylic acids is 1. The van der Waals surface area contributed by atoms with Gasteiger partial charge in [0.2, 0.25) is 5.91 Å². The number of amides is 1. The highest BCUT2D eigenvalue weighted by Crippen LogP contribution is 2.22. The van der Waals surface area contributed by atoms with Crippen molar-refractivity contribution in [3.63, 3.8) is 0 Å². The molecule has 0 aliphatic carbocycles. The van der Waals surface area contributed by atoms with E-state index < -0.39 is 0 Å². The molecule has 0 aromatic heterocycles. The summed E-state index contributed by atoms with van der Waals surface area (Å²) in [6.45, 7) is 6.46. The number of ether oxygens (including phenoxy) is 2. The Labute approximate surface area is 177 Å². The van der Waals surface area contributed by atoms with Crippen LogP contribution < -0.4 is 14.8 Å². The number of hydrogen-bond acceptors (Lipinski definition) is 5. The number of piperazine rings is 1. The molecule has 0 spiro atoms. The van der Waals surface area contributed by atoms with Crippen molar-refractivity contribution in [3.05, 3.63) is 59.6 Å². The summed E-state index contributed by atoms with van der Waals surface area (Å²) in [6, 6.07) is 17.1. The van der Waals surface area contributed by atoms with Crippen LogP contribution in [0.4, 0.5) is 0 Å². The molecule has 7 heteroatoms. The highest BCUT2D eigenvalue weighted by atomic mass is 35.5. The van der Waals surface area contributed by atoms with Crippen molar-refractivity contribution < 1.29 is 14.3 Å². The van der Waals surface area contributed by atoms with E-state index in [9.17, 15) is 4.79 Å². The van der Waals surface area contributed by atoms with Crippen LogP contribution in [0.25, 0.3) is 0 Å². The Kier molecular flexibility index (Phi) is 8.61. The van der Waals surface area contributed by atoms with E-state index in [4.69, 9.17) is 21.1 Å². The van der Waals surface area contributed by atoms with Gasteiger partial charge in [-0.05, 0) is 24.3 Å². The van der Waals surface area contributed by atoms with Gasteiger partial charge in [0.25, 0.3) is 0 Å². The van der Waals surface area contributed by atoms with Gasteiger partial charge in [-0.15, -0.1) is 0 Å². The van der Waals surface area contributed by atoms with E-state index in [1.54, 1.807) is 0 Å². The van der Waals surface area contributed by atoms with Gasteiger partial charge in [-0.1, -0.05) is 41.9 Å². The van der Waals surface area contributed by atoms with Crippen LogP contribution in [0.15, 0.2) is 54.6 Å². The number of rotatable bonds is 10. The van der Waals surface area contributed by atoms with Crippen molar-refractivity contribution in [2.75, 3.05) is 59.0 Å². The van der Waals surface area contributed by atoms with Crippen LogP contribution in [-0.4, -0.2) is 74.7 Å². The quantitative estimate of drug-likeness (QED) is 0.602. The van der Waals surface area contributed by atoms with Crippen molar-refractivity contribution in [2.24, 2.45) is 0 Å². The van der Waals surface area contributed by atoms with Crippen LogP contribution in [-0.2, 0) is 4.79 Å². The van der Waals surface area contributed by atoms with Gasteiger partial charge in [-0.25, -0.2) is 0 Å². The standard InChI is InChI=1S/C22H28ClN3O3/c23-20-8-4-5-9-21(20)29-17-15-25-11-13-26(14-12-25)18-22(27)24-10-16-28-19-6-2-1-3-7-19/h1-9H,10-18H2,(H,24,27). The van der Waals surface area contributed by atoms with E-state index in [0.29, 0.717) is 31.3 Å². The fraction of sp³-hybridized carbons (Fsp3) is 0.409. The molecule has 1 aliphatic rings. The first-order chi connectivity index (χ1) is 14.2. The average Bonchev–Trinajstić information content (AvgIpc) is 2.75. The Bertz CT molecular complexity index is 752. The maximum absolute atomic E-state index is 12.1. The van der Waals surface area contributed by atoms with E-state index in [2.05, 4.69) is 15.1 Å². The van der Waals surface area contributed by atoms with Crippen LogP contribution in [0.3, 0.4) is 0 Å². The third-order valence-corrected chi connectivity index (χ3v) is 5.08. The summed E-state index contributed by atoms with van der Waals surface area (Å²) in [5.74, 6) is 1.58. The maximum Gasteiger partial charge on any atom is 0.234 e. The molecule has 0 atom stereocenters. The van der Waals surface area contributed by atoms with Crippen LogP contribution >= 0.6 is 11.6 Å². The Hall–Kier alpha value is -2.28. The number of halogens is 1. The summed E-state index contributed by atoms with van der Waals surface area (Å²) in [6.07, 6.45) is 0. The zero-order valence-electron chi connectivity index (χ0n) is 16.6. The van der Waals surface area contributed by atoms with Crippen molar-refractivity contribution in [3.8, 4) is 11.5 Å². The highest BCUT2D eigenvalue weighted by molar-refractivity contribution is 6.32. The van der Waals surface area contributed by atoms with Crippen LogP contribution in [0.1, 0.15) is 0 Å². The van der Waals surface area contributed by atoms with Gasteiger partial charge in [-0.3, -0.25) is 14.6 Å². The summed E-state index contributed by atoms with van der Waals surface area (Å²) < 4.78 is 11.3. The van der Waals surface area contributed by atoms with Crippen molar-refractivity contribution >= 4 is 17.5 Å². The van der Waals surface area contributed by atoms with Gasteiger partial charge >= 0.3 is 0 Å². The zero-order chi connectivity index (χ0) is 20.3. The molecule has 1 amide bonds. The predicted molar refractivity (Wildman–Crippen MR) is 115 cm³/mol. The largest absolute Gasteiger partial charge is 0.492 e. The molecular weight excluding hydrogens is 390 g/mol. The topological polar surface area (TPSA) is 54.0 Å². The van der Waals surface area contributed by atoms with Crippen molar-refractivity contribution in [1.82, 2.24) is 15.1 Å². The number of para-hydroxylation sites is 2. The minimum absolute atomic E-state index is 0.0390. The summed E-state index contributed by atoms with van der Waals surface area (Å²) in [7, 11) is 0. The second kappa shape index (κ2) is 11.7. The lowest BCUT2D eigenvalue weighted by Crippen LogP contribution is -2.50. The average molecular weight is 418 g/mol. The van der Waals surface area contributed by atoms with Gasteiger partial charge in [0.15, 0.2) is 0 Å². The first-order valence-corrected chi connectivity index (χ1v) is 10.3. The second-order valence-corrected chi connectivity index (χ2v) is 7.32. The highest BCUT2D eigenvalue weighted by Gasteiger charge is 2.18. The Morgan fingerprint density at radius 3 is 2.34 bits per heavy atom. The summed E-state index contributed by atoms with van der Waals surface area (Å²) in [5, 5.41) is 3.55. The lowest BCUT2D eigenvalue weighted by Gasteiger charge is -2.34. The third kappa shape index (κ3) is 7.57. The zero-order valence-corrected chi connectivity index (χ0v) is 17.3. The lowest BCUT2D eigenvalue weighted by molar-refractivity contribution is -0.122. The monoisotopic (exact) mass is 417 g/mol. The van der Waals surface area contributed by atoms with Gasteiger partial charge in [0, 0.05) is 32.7 Å². The number of hydrogen-bond donors (Lipinski definition) is 1. The van der Waals surface area contributed by atoms with Crippen LogP contribution in [0, 0.1) is 0 Å². The van der Waals surface area contributed by atoms with Crippen molar-refractivity contribution in [2.45, 2.75) is 0 Å². The van der Waals surface area contributed by atoms with Gasteiger partial charge in [-0.2, -0.15) is 0 Å². The molecule has 3 rings (SSSR count). The minimum atomic E-state index is 0.0390. The van der Waals surface area contributed by atoms with E-state index in [1.807, 2.05) is 54.6 Å². The SMILES string of the molecule is O=C(CN1CCN(CCOc2ccccc2Cl)CC1)NCCOc1ccccc1. The maximum atomic E-state index is 12.1. The molecule has 0 bridgehead atoms. The van der Waals surface area contributed by atoms with E-state index in [1.165, 1.54) is 0 Å². The number of carbonyl (C=O) groups is 1. The summed E-state index contributed by atoms with van der Waals surface area (Å²) >= 11 is 6.10. The van der Waals surface area contributed by atoms with Crippen molar-refractivity contribution in [1.29, 1.82) is 0 Å². The molecule has 156 valence electrons. The molecule has 29 heavy (non-hydrogen) atoms. The molecule has 2 aromatic rings. The Balaban J connectivity index is 1.24. The number of nitrogens with zero attached hydrogens (tertiary/aromatic N) is 2. The fourth-order valence-electron chi connectivity index (χ4n) is 3.15. The van der Waals surface area contributed by atoms with Gasteiger partial charge in [0.1, 0.15) is 24.7 Å². The number of benzene rings is 2. The number of nitrogens with one attached hydrogen (secondary N) is 1. The minimum Gasteiger partial charge on any atom is -0.492 e. The lowest BCUT2D eigenvalue weighted by atomic mass is 10.3. The fourth-order valence-corrected chi connectivity index (χ4v) is 3.34. The first kappa shape index (κ1) is 21.4. The molecule has 1 heterocycles. The molecule has 0 unspecified atom stereocenters. The molecule has 1 aliphatic heterocycles. The van der Waals surface area contributed by atoms with Crippen LogP contribution in [0.5, 0.6) is 11.5 Å². The first-order valence-electron chi connectivity index (χ1n) is 9.97. The summed E-state index contributed by atoms with van der Waals surface area (Å²) in [5.41, 5.74) is 0. The predicted octanol–water partition coefficient (Wildman–Crippen LogP) is 2.53. The molecule has 2 aromatic carbocycles. The molecular formula is C22H28ClN3O3. The van der Waals surface area contributed by atoms with E-state index in [0.717, 1.165) is 44.2 Å². The molecule has 1 saturated heterocycles. The molecule has 6 nitrogen and oxygen atoms in total. The van der Waals surface area contributed by atoms with E-state index in [-0.39, 0.29) is 5.91 Å². The van der Waals surface area contributed by atoms with Crippen LogP contribution in [0.2, 0.25) is 5.02 Å². The normalized spacial score (nSPS) is 15.1. The molecule has 1 fully saturated rings. The molecule has 0 saturated carbocycles.